The minimum Gasteiger partial charge on any atom is -0.480 e. The van der Waals surface area contributed by atoms with Crippen molar-refractivity contribution in [3.8, 4) is 0 Å². The molecule has 0 heterocycles. The quantitative estimate of drug-likeness (QED) is 0.610. The molecular formula is C12H26N2O4. The summed E-state index contributed by atoms with van der Waals surface area (Å²) < 4.78 is 4.60. The third-order valence-corrected chi connectivity index (χ3v) is 2.19. The molecule has 0 spiro atoms. The number of carbonyl (C=O) groups excluding carboxylic acids is 1. The maximum Gasteiger partial charge on any atom is 0.322 e. The van der Waals surface area contributed by atoms with E-state index in [1.165, 1.54) is 7.11 Å². The highest BCUT2D eigenvalue weighted by molar-refractivity contribution is 5.75. The topological polar surface area (TPSA) is 102 Å². The van der Waals surface area contributed by atoms with Crippen LogP contribution in [0.25, 0.3) is 0 Å². The lowest BCUT2D eigenvalue weighted by atomic mass is 10.2. The average Bonchev–Trinajstić information content (AvgIpc) is 2.34. The van der Waals surface area contributed by atoms with E-state index < -0.39 is 12.0 Å². The van der Waals surface area contributed by atoms with Gasteiger partial charge in [0, 0.05) is 6.04 Å². The Morgan fingerprint density at radius 3 is 1.94 bits per heavy atom. The normalized spacial score (nSPS) is 13.3. The van der Waals surface area contributed by atoms with Gasteiger partial charge in [0.1, 0.15) is 12.1 Å². The van der Waals surface area contributed by atoms with Gasteiger partial charge < -0.3 is 20.9 Å². The van der Waals surface area contributed by atoms with Crippen molar-refractivity contribution < 1.29 is 19.4 Å². The Morgan fingerprint density at radius 1 is 1.28 bits per heavy atom. The lowest BCUT2D eigenvalue weighted by Crippen LogP contribution is -2.40. The van der Waals surface area contributed by atoms with E-state index in [0.717, 1.165) is 6.42 Å². The summed E-state index contributed by atoms with van der Waals surface area (Å²) in [5, 5.41) is 11.2. The van der Waals surface area contributed by atoms with Crippen molar-refractivity contribution in [2.45, 2.75) is 58.7 Å². The highest BCUT2D eigenvalue weighted by Gasteiger charge is 2.16. The summed E-state index contributed by atoms with van der Waals surface area (Å²) in [4.78, 5) is 20.8. The summed E-state index contributed by atoms with van der Waals surface area (Å²) in [6.45, 7) is 7.70. The molecule has 0 bridgehead atoms. The molecule has 6 heteroatoms. The summed E-state index contributed by atoms with van der Waals surface area (Å²) in [7, 11) is 1.41. The Labute approximate surface area is 109 Å². The number of nitrogens with one attached hydrogen (secondary N) is 1. The summed E-state index contributed by atoms with van der Waals surface area (Å²) in [6.07, 6.45) is 1.26. The molecule has 0 aliphatic rings. The number of rotatable bonds is 6. The number of methoxy groups -OCH3 is 1. The van der Waals surface area contributed by atoms with Crippen LogP contribution in [-0.4, -0.2) is 42.3 Å². The van der Waals surface area contributed by atoms with Gasteiger partial charge in [0.25, 0.3) is 0 Å². The van der Waals surface area contributed by atoms with E-state index in [-0.39, 0.29) is 12.0 Å². The molecule has 0 aromatic heterocycles. The van der Waals surface area contributed by atoms with Gasteiger partial charge in [-0.15, -0.1) is 0 Å². The largest absolute Gasteiger partial charge is 0.480 e. The molecule has 0 radical (unpaired) electrons. The predicted molar refractivity (Wildman–Crippen MR) is 70.3 cm³/mol. The van der Waals surface area contributed by atoms with Crippen molar-refractivity contribution in [1.82, 2.24) is 5.32 Å². The number of carboxylic acid groups (broad SMARTS) is 1. The average molecular weight is 262 g/mol. The Bertz CT molecular complexity index is 244. The van der Waals surface area contributed by atoms with Crippen molar-refractivity contribution in [3.63, 3.8) is 0 Å². The second kappa shape index (κ2) is 11.0. The number of hydrogen-bond acceptors (Lipinski definition) is 5. The van der Waals surface area contributed by atoms with Crippen LogP contribution in [0.1, 0.15) is 40.5 Å². The fourth-order valence-electron chi connectivity index (χ4n) is 1.07. The van der Waals surface area contributed by atoms with Gasteiger partial charge in [-0.05, 0) is 12.8 Å². The van der Waals surface area contributed by atoms with Crippen molar-refractivity contribution in [2.75, 3.05) is 7.11 Å². The van der Waals surface area contributed by atoms with Crippen LogP contribution in [0.15, 0.2) is 0 Å². The van der Waals surface area contributed by atoms with Crippen molar-refractivity contribution in [2.24, 2.45) is 5.73 Å². The van der Waals surface area contributed by atoms with Gasteiger partial charge in [-0.1, -0.05) is 27.7 Å². The Balaban J connectivity index is 0. The molecule has 0 rings (SSSR count). The molecule has 4 N–H and O–H groups in total. The summed E-state index contributed by atoms with van der Waals surface area (Å²) in [6, 6.07) is -0.515. The van der Waals surface area contributed by atoms with E-state index >= 15 is 0 Å². The smallest absolute Gasteiger partial charge is 0.322 e. The third-order valence-electron chi connectivity index (χ3n) is 2.19. The molecule has 0 fully saturated rings. The number of nitrogens with two attached hydrogens (primary N) is 1. The van der Waals surface area contributed by atoms with E-state index in [0.29, 0.717) is 12.5 Å². The van der Waals surface area contributed by atoms with Crippen LogP contribution in [0, 0.1) is 0 Å². The fraction of sp³-hybridized carbons (Fsp3) is 0.833. The van der Waals surface area contributed by atoms with Crippen LogP contribution < -0.4 is 11.1 Å². The van der Waals surface area contributed by atoms with Crippen molar-refractivity contribution in [1.29, 1.82) is 0 Å². The van der Waals surface area contributed by atoms with Gasteiger partial charge in [-0.25, -0.2) is 0 Å². The fourth-order valence-corrected chi connectivity index (χ4v) is 1.07. The van der Waals surface area contributed by atoms with Crippen LogP contribution in [0.5, 0.6) is 0 Å². The Hall–Kier alpha value is -1.14. The molecule has 18 heavy (non-hydrogen) atoms. The third kappa shape index (κ3) is 10.0. The minimum atomic E-state index is -0.928. The van der Waals surface area contributed by atoms with Crippen LogP contribution in [-0.2, 0) is 14.3 Å². The van der Waals surface area contributed by atoms with Gasteiger partial charge in [0.15, 0.2) is 0 Å². The SMILES string of the molecule is CC[C@@H](N)C(=O)O.CC[C@@H](NC(C)C)C(=O)OC. The van der Waals surface area contributed by atoms with Gasteiger partial charge in [-0.2, -0.15) is 0 Å². The lowest BCUT2D eigenvalue weighted by molar-refractivity contribution is -0.143. The number of hydrogen-bond donors (Lipinski definition) is 3. The van der Waals surface area contributed by atoms with Gasteiger partial charge in [0.05, 0.1) is 7.11 Å². The highest BCUT2D eigenvalue weighted by atomic mass is 16.5. The summed E-state index contributed by atoms with van der Waals surface area (Å²) >= 11 is 0. The number of carboxylic acids is 1. The molecule has 0 aliphatic carbocycles. The molecule has 2 atom stereocenters. The first-order valence-electron chi connectivity index (χ1n) is 6.12. The molecule has 0 saturated heterocycles. The van der Waals surface area contributed by atoms with Crippen molar-refractivity contribution >= 4 is 11.9 Å². The van der Waals surface area contributed by atoms with E-state index in [9.17, 15) is 9.59 Å². The Kier molecular flexibility index (Phi) is 11.7. The maximum atomic E-state index is 11.0. The first-order chi connectivity index (χ1) is 8.29. The molecular weight excluding hydrogens is 236 g/mol. The molecule has 0 unspecified atom stereocenters. The van der Waals surface area contributed by atoms with E-state index in [1.807, 2.05) is 20.8 Å². The van der Waals surface area contributed by atoms with E-state index in [4.69, 9.17) is 10.8 Å². The molecule has 0 aliphatic heterocycles. The second-order valence-corrected chi connectivity index (χ2v) is 4.16. The number of carbonyl (C=O) groups is 2. The number of aliphatic carboxylic acids is 1. The number of ether oxygens (including phenoxy) is 1. The zero-order valence-electron chi connectivity index (χ0n) is 11.9. The first-order valence-corrected chi connectivity index (χ1v) is 6.12. The summed E-state index contributed by atoms with van der Waals surface area (Å²) in [5.74, 6) is -1.11. The van der Waals surface area contributed by atoms with Crippen molar-refractivity contribution in [3.05, 3.63) is 0 Å². The highest BCUT2D eigenvalue weighted by Crippen LogP contribution is 1.95. The van der Waals surface area contributed by atoms with Gasteiger partial charge in [-0.3, -0.25) is 9.59 Å². The summed E-state index contributed by atoms with van der Waals surface area (Å²) in [5.41, 5.74) is 5.02. The lowest BCUT2D eigenvalue weighted by Gasteiger charge is -2.16. The molecule has 0 saturated carbocycles. The zero-order chi connectivity index (χ0) is 14.7. The van der Waals surface area contributed by atoms with Crippen LogP contribution in [0.4, 0.5) is 0 Å². The zero-order valence-corrected chi connectivity index (χ0v) is 11.9. The van der Waals surface area contributed by atoms with Crippen LogP contribution in [0.3, 0.4) is 0 Å². The van der Waals surface area contributed by atoms with Gasteiger partial charge >= 0.3 is 11.9 Å². The predicted octanol–water partition coefficient (Wildman–Crippen LogP) is 0.744. The monoisotopic (exact) mass is 262 g/mol. The molecule has 108 valence electrons. The molecule has 0 aromatic carbocycles. The molecule has 0 amide bonds. The van der Waals surface area contributed by atoms with E-state index in [1.54, 1.807) is 6.92 Å². The van der Waals surface area contributed by atoms with Gasteiger partial charge in [0.2, 0.25) is 0 Å². The number of esters is 1. The standard InChI is InChI=1S/C8H17NO2.C4H9NO2/c1-5-7(8(10)11-4)9-6(2)3;1-2-3(5)4(6)7/h6-7,9H,5H2,1-4H3;3H,2,5H2,1H3,(H,6,7)/t7-;3-/m11/s1. The molecule has 0 aromatic rings. The first kappa shape index (κ1) is 19.2. The Morgan fingerprint density at radius 2 is 1.78 bits per heavy atom. The van der Waals surface area contributed by atoms with E-state index in [2.05, 4.69) is 10.1 Å². The maximum absolute atomic E-state index is 11.0. The molecule has 6 nitrogen and oxygen atoms in total. The van der Waals surface area contributed by atoms with Crippen LogP contribution in [0.2, 0.25) is 0 Å². The van der Waals surface area contributed by atoms with Crippen LogP contribution >= 0.6 is 0 Å². The minimum absolute atomic E-state index is 0.153. The second-order valence-electron chi connectivity index (χ2n) is 4.16.